The van der Waals surface area contributed by atoms with Crippen molar-refractivity contribution in [2.75, 3.05) is 31.6 Å². The lowest BCUT2D eigenvalue weighted by Crippen LogP contribution is -2.27. The number of anilines is 2. The Morgan fingerprint density at radius 1 is 1.13 bits per heavy atom. The number of aryl methyl sites for hydroxylation is 1. The Balaban J connectivity index is 1.30. The molecule has 0 radical (unpaired) electrons. The van der Waals surface area contributed by atoms with Crippen molar-refractivity contribution in [2.45, 2.75) is 19.4 Å². The monoisotopic (exact) mass is 524 g/mol. The van der Waals surface area contributed by atoms with E-state index in [0.717, 1.165) is 53.2 Å². The molecule has 0 spiro atoms. The normalized spacial score (nSPS) is 15.8. The maximum absolute atomic E-state index is 9.71. The second-order valence-electron chi connectivity index (χ2n) is 9.32. The van der Waals surface area contributed by atoms with Gasteiger partial charge in [-0.25, -0.2) is 15.0 Å². The molecule has 1 saturated heterocycles. The Hall–Kier alpha value is -4.47. The SMILES string of the molecule is C=CN=c1cc(Oc2ccc(Nc3ncnc4ccc(OCCN5CC[C@@H](O)C5)cc34)cc2C)ccn1C=C. The molecule has 3 heterocycles. The molecule has 0 saturated carbocycles. The zero-order chi connectivity index (χ0) is 27.2. The van der Waals surface area contributed by atoms with Crippen molar-refractivity contribution in [3.8, 4) is 17.2 Å². The highest BCUT2D eigenvalue weighted by molar-refractivity contribution is 5.91. The third kappa shape index (κ3) is 6.34. The Bertz CT molecular complexity index is 1560. The lowest BCUT2D eigenvalue weighted by molar-refractivity contribution is 0.167. The molecule has 2 N–H and O–H groups in total. The minimum absolute atomic E-state index is 0.227. The maximum Gasteiger partial charge on any atom is 0.141 e. The quantitative estimate of drug-likeness (QED) is 0.306. The summed E-state index contributed by atoms with van der Waals surface area (Å²) in [5.41, 5.74) is 3.32. The van der Waals surface area contributed by atoms with Gasteiger partial charge in [-0.15, -0.1) is 0 Å². The minimum atomic E-state index is -0.227. The van der Waals surface area contributed by atoms with Gasteiger partial charge in [-0.3, -0.25) is 4.90 Å². The zero-order valence-electron chi connectivity index (χ0n) is 22.0. The highest BCUT2D eigenvalue weighted by Gasteiger charge is 2.19. The fourth-order valence-electron chi connectivity index (χ4n) is 4.53. The van der Waals surface area contributed by atoms with Crippen molar-refractivity contribution >= 4 is 28.6 Å². The average molecular weight is 525 g/mol. The van der Waals surface area contributed by atoms with Crippen LogP contribution in [0, 0.1) is 6.92 Å². The van der Waals surface area contributed by atoms with Gasteiger partial charge in [0.05, 0.1) is 11.6 Å². The number of pyridine rings is 1. The second-order valence-corrected chi connectivity index (χ2v) is 9.32. The lowest BCUT2D eigenvalue weighted by Gasteiger charge is -2.16. The number of hydrogen-bond acceptors (Lipinski definition) is 8. The Labute approximate surface area is 227 Å². The van der Waals surface area contributed by atoms with Crippen molar-refractivity contribution in [1.82, 2.24) is 19.4 Å². The van der Waals surface area contributed by atoms with E-state index in [9.17, 15) is 5.11 Å². The van der Waals surface area contributed by atoms with Gasteiger partial charge in [-0.2, -0.15) is 0 Å². The number of fused-ring (bicyclic) bond motifs is 1. The van der Waals surface area contributed by atoms with Gasteiger partial charge in [0.1, 0.15) is 41.5 Å². The van der Waals surface area contributed by atoms with Crippen LogP contribution in [0.2, 0.25) is 0 Å². The summed E-state index contributed by atoms with van der Waals surface area (Å²) >= 11 is 0. The van der Waals surface area contributed by atoms with Crippen LogP contribution in [0.3, 0.4) is 0 Å². The molecular formula is C30H32N6O3. The highest BCUT2D eigenvalue weighted by Crippen LogP contribution is 2.30. The molecule has 2 aromatic heterocycles. The molecule has 4 aromatic rings. The molecule has 39 heavy (non-hydrogen) atoms. The van der Waals surface area contributed by atoms with Gasteiger partial charge >= 0.3 is 0 Å². The van der Waals surface area contributed by atoms with E-state index in [1.165, 1.54) is 6.20 Å². The molecular weight excluding hydrogens is 492 g/mol. The molecule has 1 atom stereocenters. The number of aliphatic hydroxyl groups is 1. The predicted octanol–water partition coefficient (Wildman–Crippen LogP) is 4.87. The van der Waals surface area contributed by atoms with Crippen LogP contribution in [0.5, 0.6) is 17.2 Å². The van der Waals surface area contributed by atoms with Gasteiger partial charge in [0.25, 0.3) is 0 Å². The molecule has 0 unspecified atom stereocenters. The van der Waals surface area contributed by atoms with Crippen LogP contribution in [0.4, 0.5) is 11.5 Å². The average Bonchev–Trinajstić information content (AvgIpc) is 3.35. The maximum atomic E-state index is 9.71. The molecule has 200 valence electrons. The van der Waals surface area contributed by atoms with Crippen LogP contribution in [-0.2, 0) is 0 Å². The van der Waals surface area contributed by atoms with E-state index in [2.05, 4.69) is 38.3 Å². The van der Waals surface area contributed by atoms with Gasteiger partial charge in [-0.1, -0.05) is 13.2 Å². The summed E-state index contributed by atoms with van der Waals surface area (Å²) in [6, 6.07) is 15.4. The van der Waals surface area contributed by atoms with Crippen molar-refractivity contribution < 1.29 is 14.6 Å². The van der Waals surface area contributed by atoms with E-state index in [1.54, 1.807) is 17.1 Å². The highest BCUT2D eigenvalue weighted by atomic mass is 16.5. The summed E-state index contributed by atoms with van der Waals surface area (Å²) in [6.45, 7) is 12.4. The van der Waals surface area contributed by atoms with E-state index in [1.807, 2.05) is 61.7 Å². The van der Waals surface area contributed by atoms with Crippen LogP contribution >= 0.6 is 0 Å². The van der Waals surface area contributed by atoms with Crippen molar-refractivity contribution in [3.63, 3.8) is 0 Å². The van der Waals surface area contributed by atoms with Crippen molar-refractivity contribution in [3.05, 3.63) is 91.5 Å². The molecule has 1 aliphatic heterocycles. The Morgan fingerprint density at radius 2 is 2.03 bits per heavy atom. The largest absolute Gasteiger partial charge is 0.492 e. The first-order valence-corrected chi connectivity index (χ1v) is 12.9. The molecule has 0 aliphatic carbocycles. The number of nitrogens with one attached hydrogen (secondary N) is 1. The molecule has 0 bridgehead atoms. The first kappa shape index (κ1) is 26.1. The van der Waals surface area contributed by atoms with Crippen LogP contribution in [0.1, 0.15) is 12.0 Å². The zero-order valence-corrected chi connectivity index (χ0v) is 22.0. The molecule has 0 amide bonds. The lowest BCUT2D eigenvalue weighted by atomic mass is 10.2. The molecule has 9 heteroatoms. The molecule has 9 nitrogen and oxygen atoms in total. The number of benzene rings is 2. The van der Waals surface area contributed by atoms with Crippen LogP contribution < -0.4 is 20.3 Å². The standard InChI is InChI=1S/C30H32N6O3/c1-4-31-29-18-25(11-13-36(29)5-2)39-28-9-6-22(16-21(28)3)34-30-26-17-24(7-8-27(26)32-20-33-30)38-15-14-35-12-10-23(37)19-35/h4-9,11,13,16-18,20,23,37H,1-2,10,12,14-15,19H2,3H3,(H,32,33,34)/t23-/m1/s1. The topological polar surface area (TPSA) is 97.0 Å². The molecule has 1 fully saturated rings. The smallest absolute Gasteiger partial charge is 0.141 e. The van der Waals surface area contributed by atoms with Gasteiger partial charge in [0, 0.05) is 55.4 Å². The molecule has 5 rings (SSSR count). The predicted molar refractivity (Wildman–Crippen MR) is 153 cm³/mol. The molecule has 1 aliphatic rings. The number of aromatic nitrogens is 3. The Kier molecular flexibility index (Phi) is 8.00. The van der Waals surface area contributed by atoms with Crippen LogP contribution in [-0.4, -0.2) is 56.9 Å². The fraction of sp³-hybridized carbons (Fsp3) is 0.233. The first-order chi connectivity index (χ1) is 19.0. The summed E-state index contributed by atoms with van der Waals surface area (Å²) in [4.78, 5) is 15.4. The van der Waals surface area contributed by atoms with E-state index < -0.39 is 0 Å². The second kappa shape index (κ2) is 11.9. The summed E-state index contributed by atoms with van der Waals surface area (Å²) in [5, 5.41) is 14.0. The van der Waals surface area contributed by atoms with E-state index in [-0.39, 0.29) is 6.10 Å². The van der Waals surface area contributed by atoms with Crippen molar-refractivity contribution in [2.24, 2.45) is 4.99 Å². The number of nitrogens with zero attached hydrogens (tertiary/aromatic N) is 5. The van der Waals surface area contributed by atoms with E-state index >= 15 is 0 Å². The number of β-amino-alcohol motifs (C(OH)–C–C–N with tert-alkyl or cyclic N) is 1. The number of aliphatic hydroxyl groups excluding tert-OH is 1. The summed E-state index contributed by atoms with van der Waals surface area (Å²) < 4.78 is 13.9. The number of ether oxygens (including phenoxy) is 2. The summed E-state index contributed by atoms with van der Waals surface area (Å²) in [7, 11) is 0. The third-order valence-electron chi connectivity index (χ3n) is 6.55. The minimum Gasteiger partial charge on any atom is -0.492 e. The summed E-state index contributed by atoms with van der Waals surface area (Å²) in [6.07, 6.45) is 7.14. The number of likely N-dealkylation sites (tertiary alicyclic amines) is 1. The first-order valence-electron chi connectivity index (χ1n) is 12.9. The number of rotatable bonds is 10. The van der Waals surface area contributed by atoms with Gasteiger partial charge in [-0.05, 0) is 61.4 Å². The number of hydrogen-bond donors (Lipinski definition) is 2. The van der Waals surface area contributed by atoms with Crippen LogP contribution in [0.15, 0.2) is 85.4 Å². The molecule has 2 aromatic carbocycles. The summed E-state index contributed by atoms with van der Waals surface area (Å²) in [5.74, 6) is 2.83. The fourth-order valence-corrected chi connectivity index (χ4v) is 4.53. The van der Waals surface area contributed by atoms with E-state index in [0.29, 0.717) is 30.2 Å². The third-order valence-corrected chi connectivity index (χ3v) is 6.55. The Morgan fingerprint density at radius 3 is 2.79 bits per heavy atom. The van der Waals surface area contributed by atoms with Gasteiger partial charge < -0.3 is 24.5 Å². The van der Waals surface area contributed by atoms with Gasteiger partial charge in [0.15, 0.2) is 0 Å². The van der Waals surface area contributed by atoms with E-state index in [4.69, 9.17) is 9.47 Å². The van der Waals surface area contributed by atoms with Gasteiger partial charge in [0.2, 0.25) is 0 Å². The van der Waals surface area contributed by atoms with Crippen molar-refractivity contribution in [1.29, 1.82) is 0 Å². The van der Waals surface area contributed by atoms with Crippen LogP contribution in [0.25, 0.3) is 17.1 Å².